The van der Waals surface area contributed by atoms with Crippen LogP contribution in [0.25, 0.3) is 11.5 Å². The SMILES string of the molecule is Cn1c(-c2ccccn2)nn(CC(=O)N2CCCC2)c1=O. The predicted molar refractivity (Wildman–Crippen MR) is 76.5 cm³/mol. The normalized spacial score (nSPS) is 14.6. The lowest BCUT2D eigenvalue weighted by Gasteiger charge is -2.14. The molecule has 0 bridgehead atoms. The van der Waals surface area contributed by atoms with Gasteiger partial charge in [-0.2, -0.15) is 0 Å². The van der Waals surface area contributed by atoms with Gasteiger partial charge in [0.15, 0.2) is 5.82 Å². The lowest BCUT2D eigenvalue weighted by molar-refractivity contribution is -0.131. The molecule has 0 spiro atoms. The first-order chi connectivity index (χ1) is 10.2. The molecular weight excluding hydrogens is 270 g/mol. The Bertz CT molecular complexity index is 698. The lowest BCUT2D eigenvalue weighted by Crippen LogP contribution is -2.35. The number of nitrogens with zero attached hydrogens (tertiary/aromatic N) is 5. The van der Waals surface area contributed by atoms with Crippen LogP contribution in [-0.4, -0.2) is 43.2 Å². The van der Waals surface area contributed by atoms with Crippen LogP contribution < -0.4 is 5.69 Å². The van der Waals surface area contributed by atoms with Crippen molar-refractivity contribution in [2.75, 3.05) is 13.1 Å². The Labute approximate surface area is 121 Å². The fourth-order valence-corrected chi connectivity index (χ4v) is 2.50. The summed E-state index contributed by atoms with van der Waals surface area (Å²) in [6.45, 7) is 1.53. The summed E-state index contributed by atoms with van der Waals surface area (Å²) in [7, 11) is 1.64. The first-order valence-corrected chi connectivity index (χ1v) is 7.00. The van der Waals surface area contributed by atoms with Gasteiger partial charge < -0.3 is 4.90 Å². The van der Waals surface area contributed by atoms with Crippen LogP contribution in [0.5, 0.6) is 0 Å². The lowest BCUT2D eigenvalue weighted by atomic mass is 10.3. The fraction of sp³-hybridized carbons (Fsp3) is 0.429. The third-order valence-electron chi connectivity index (χ3n) is 3.68. The van der Waals surface area contributed by atoms with Crippen molar-refractivity contribution in [2.45, 2.75) is 19.4 Å². The zero-order valence-corrected chi connectivity index (χ0v) is 11.9. The van der Waals surface area contributed by atoms with Crippen molar-refractivity contribution >= 4 is 5.91 Å². The van der Waals surface area contributed by atoms with Crippen molar-refractivity contribution in [3.63, 3.8) is 0 Å². The molecule has 21 heavy (non-hydrogen) atoms. The van der Waals surface area contributed by atoms with Crippen molar-refractivity contribution < 1.29 is 4.79 Å². The van der Waals surface area contributed by atoms with Crippen molar-refractivity contribution in [1.29, 1.82) is 0 Å². The van der Waals surface area contributed by atoms with Crippen molar-refractivity contribution in [1.82, 2.24) is 24.2 Å². The average Bonchev–Trinajstić information content (AvgIpc) is 3.13. The second-order valence-electron chi connectivity index (χ2n) is 5.13. The molecule has 0 N–H and O–H groups in total. The Morgan fingerprint density at radius 2 is 2.05 bits per heavy atom. The molecule has 1 fully saturated rings. The summed E-state index contributed by atoms with van der Waals surface area (Å²) in [6.07, 6.45) is 3.71. The van der Waals surface area contributed by atoms with Crippen LogP contribution in [0.2, 0.25) is 0 Å². The van der Waals surface area contributed by atoms with E-state index in [1.165, 1.54) is 9.25 Å². The van der Waals surface area contributed by atoms with Gasteiger partial charge in [0.1, 0.15) is 12.2 Å². The minimum Gasteiger partial charge on any atom is -0.341 e. The number of pyridine rings is 1. The quantitative estimate of drug-likeness (QED) is 0.812. The molecule has 2 aromatic rings. The van der Waals surface area contributed by atoms with Gasteiger partial charge in [-0.15, -0.1) is 5.10 Å². The smallest absolute Gasteiger partial charge is 0.341 e. The van der Waals surface area contributed by atoms with E-state index in [1.54, 1.807) is 30.3 Å². The van der Waals surface area contributed by atoms with E-state index in [2.05, 4.69) is 10.1 Å². The predicted octanol–water partition coefficient (Wildman–Crippen LogP) is 0.266. The van der Waals surface area contributed by atoms with Crippen LogP contribution in [-0.2, 0) is 18.4 Å². The molecule has 3 rings (SSSR count). The number of amides is 1. The van der Waals surface area contributed by atoms with E-state index >= 15 is 0 Å². The van der Waals surface area contributed by atoms with Gasteiger partial charge in [0.2, 0.25) is 5.91 Å². The maximum absolute atomic E-state index is 12.2. The average molecular weight is 287 g/mol. The Hall–Kier alpha value is -2.44. The number of hydrogen-bond acceptors (Lipinski definition) is 4. The van der Waals surface area contributed by atoms with Crippen LogP contribution in [0.4, 0.5) is 0 Å². The molecular formula is C14H17N5O2. The van der Waals surface area contributed by atoms with Crippen LogP contribution in [0, 0.1) is 0 Å². The maximum Gasteiger partial charge on any atom is 0.346 e. The molecule has 0 radical (unpaired) electrons. The third-order valence-corrected chi connectivity index (χ3v) is 3.68. The fourth-order valence-electron chi connectivity index (χ4n) is 2.50. The molecule has 1 saturated heterocycles. The monoisotopic (exact) mass is 287 g/mol. The second-order valence-corrected chi connectivity index (χ2v) is 5.13. The Morgan fingerprint density at radius 1 is 1.29 bits per heavy atom. The van der Waals surface area contributed by atoms with E-state index in [0.717, 1.165) is 25.9 Å². The van der Waals surface area contributed by atoms with E-state index in [0.29, 0.717) is 11.5 Å². The zero-order valence-electron chi connectivity index (χ0n) is 11.9. The summed E-state index contributed by atoms with van der Waals surface area (Å²) in [6, 6.07) is 5.42. The highest BCUT2D eigenvalue weighted by molar-refractivity contribution is 5.76. The largest absolute Gasteiger partial charge is 0.346 e. The highest BCUT2D eigenvalue weighted by atomic mass is 16.2. The van der Waals surface area contributed by atoms with Crippen LogP contribution in [0.15, 0.2) is 29.2 Å². The van der Waals surface area contributed by atoms with Crippen molar-refractivity contribution in [2.24, 2.45) is 7.05 Å². The molecule has 3 heterocycles. The summed E-state index contributed by atoms with van der Waals surface area (Å²) >= 11 is 0. The first-order valence-electron chi connectivity index (χ1n) is 7.00. The molecule has 1 amide bonds. The number of hydrogen-bond donors (Lipinski definition) is 0. The van der Waals surface area contributed by atoms with Gasteiger partial charge in [-0.05, 0) is 25.0 Å². The van der Waals surface area contributed by atoms with Crippen molar-refractivity contribution in [3.8, 4) is 11.5 Å². The van der Waals surface area contributed by atoms with Crippen molar-refractivity contribution in [3.05, 3.63) is 34.9 Å². The number of aromatic nitrogens is 4. The number of carbonyl (C=O) groups is 1. The van der Waals surface area contributed by atoms with Crippen LogP contribution in [0.1, 0.15) is 12.8 Å². The Balaban J connectivity index is 1.87. The van der Waals surface area contributed by atoms with E-state index in [9.17, 15) is 9.59 Å². The van der Waals surface area contributed by atoms with E-state index in [1.807, 2.05) is 6.07 Å². The summed E-state index contributed by atoms with van der Waals surface area (Å²) in [5.41, 5.74) is 0.313. The summed E-state index contributed by atoms with van der Waals surface area (Å²) in [5, 5.41) is 4.25. The summed E-state index contributed by atoms with van der Waals surface area (Å²) in [4.78, 5) is 30.3. The molecule has 0 atom stereocenters. The third kappa shape index (κ3) is 2.58. The molecule has 7 nitrogen and oxygen atoms in total. The van der Waals surface area contributed by atoms with Gasteiger partial charge in [0.25, 0.3) is 0 Å². The highest BCUT2D eigenvalue weighted by Crippen LogP contribution is 2.11. The van der Waals surface area contributed by atoms with E-state index in [4.69, 9.17) is 0 Å². The minimum atomic E-state index is -0.303. The van der Waals surface area contributed by atoms with Crippen LogP contribution in [0.3, 0.4) is 0 Å². The first kappa shape index (κ1) is 13.5. The number of likely N-dealkylation sites (tertiary alicyclic amines) is 1. The topological polar surface area (TPSA) is 73.0 Å². The minimum absolute atomic E-state index is 0.0144. The molecule has 110 valence electrons. The van der Waals surface area contributed by atoms with Crippen LogP contribution >= 0.6 is 0 Å². The maximum atomic E-state index is 12.2. The molecule has 0 aliphatic carbocycles. The number of rotatable bonds is 3. The summed E-state index contributed by atoms with van der Waals surface area (Å²) in [5.74, 6) is 0.412. The molecule has 2 aromatic heterocycles. The van der Waals surface area contributed by atoms with Gasteiger partial charge >= 0.3 is 5.69 Å². The molecule has 7 heteroatoms. The molecule has 1 aliphatic heterocycles. The molecule has 0 aromatic carbocycles. The Kier molecular flexibility index (Phi) is 3.55. The molecule has 1 aliphatic rings. The van der Waals surface area contributed by atoms with Gasteiger partial charge in [-0.25, -0.2) is 9.48 Å². The molecule has 0 unspecified atom stereocenters. The zero-order chi connectivity index (χ0) is 14.8. The van der Waals surface area contributed by atoms with Gasteiger partial charge in [-0.1, -0.05) is 6.07 Å². The van der Waals surface area contributed by atoms with E-state index < -0.39 is 0 Å². The van der Waals surface area contributed by atoms with E-state index in [-0.39, 0.29) is 18.1 Å². The van der Waals surface area contributed by atoms with Gasteiger partial charge in [-0.3, -0.25) is 14.3 Å². The summed E-state index contributed by atoms with van der Waals surface area (Å²) < 4.78 is 2.63. The number of carbonyl (C=O) groups excluding carboxylic acids is 1. The molecule has 0 saturated carbocycles. The Morgan fingerprint density at radius 3 is 2.71 bits per heavy atom. The highest BCUT2D eigenvalue weighted by Gasteiger charge is 2.21. The van der Waals surface area contributed by atoms with Gasteiger partial charge in [0.05, 0.1) is 0 Å². The standard InChI is InChI=1S/C14H17N5O2/c1-17-13(11-6-2-3-7-15-11)16-19(14(17)21)10-12(20)18-8-4-5-9-18/h2-3,6-7H,4-5,8-10H2,1H3. The second kappa shape index (κ2) is 5.51. The van der Waals surface area contributed by atoms with Gasteiger partial charge in [0, 0.05) is 26.3 Å².